The van der Waals surface area contributed by atoms with E-state index in [2.05, 4.69) is 37.3 Å². The Morgan fingerprint density at radius 2 is 1.60 bits per heavy atom. The maximum Gasteiger partial charge on any atom is 0.220 e. The number of nitrogens with zero attached hydrogens (tertiary/aromatic N) is 3. The molecule has 0 amide bonds. The molecule has 4 rings (SSSR count). The highest BCUT2D eigenvalue weighted by atomic mass is 16.5. The maximum atomic E-state index is 9.51. The first-order valence-corrected chi connectivity index (χ1v) is 14.4. The van der Waals surface area contributed by atoms with E-state index in [-0.39, 0.29) is 0 Å². The van der Waals surface area contributed by atoms with E-state index in [1.807, 2.05) is 49.4 Å². The number of hydrogen-bond acceptors (Lipinski definition) is 7. The zero-order valence-electron chi connectivity index (χ0n) is 25.0. The first-order valence-electron chi connectivity index (χ1n) is 14.4. The van der Waals surface area contributed by atoms with Crippen molar-refractivity contribution in [2.45, 2.75) is 46.0 Å². The summed E-state index contributed by atoms with van der Waals surface area (Å²) < 4.78 is 22.7. The largest absolute Gasteiger partial charge is 0.493 e. The molecule has 3 aromatic carbocycles. The molecule has 0 saturated heterocycles. The van der Waals surface area contributed by atoms with Gasteiger partial charge in [-0.15, -0.1) is 0 Å². The van der Waals surface area contributed by atoms with Crippen LogP contribution in [0.25, 0.3) is 11.1 Å². The van der Waals surface area contributed by atoms with Crippen LogP contribution in [-0.4, -0.2) is 44.0 Å². The van der Waals surface area contributed by atoms with Crippen molar-refractivity contribution in [3.63, 3.8) is 0 Å². The van der Waals surface area contributed by atoms with E-state index in [1.54, 1.807) is 14.2 Å². The number of benzene rings is 3. The fourth-order valence-corrected chi connectivity index (χ4v) is 4.80. The molecule has 1 heterocycles. The van der Waals surface area contributed by atoms with Gasteiger partial charge in [-0.3, -0.25) is 0 Å². The molecule has 42 heavy (non-hydrogen) atoms. The van der Waals surface area contributed by atoms with Crippen LogP contribution < -0.4 is 14.2 Å². The Bertz CT molecular complexity index is 1500. The van der Waals surface area contributed by atoms with Gasteiger partial charge in [0, 0.05) is 25.5 Å². The molecule has 218 valence electrons. The molecule has 0 unspecified atom stereocenters. The summed E-state index contributed by atoms with van der Waals surface area (Å²) in [6, 6.07) is 24.3. The lowest BCUT2D eigenvalue weighted by atomic mass is 9.96. The summed E-state index contributed by atoms with van der Waals surface area (Å²) in [6.07, 6.45) is 4.36. The molecule has 0 aliphatic rings. The number of hydrogen-bond donors (Lipinski definition) is 0. The third-order valence-corrected chi connectivity index (χ3v) is 7.03. The van der Waals surface area contributed by atoms with Crippen LogP contribution in [-0.2, 0) is 24.0 Å². The van der Waals surface area contributed by atoms with Gasteiger partial charge in [-0.25, -0.2) is 4.98 Å². The van der Waals surface area contributed by atoms with Gasteiger partial charge >= 0.3 is 0 Å². The molecule has 7 nitrogen and oxygen atoms in total. The van der Waals surface area contributed by atoms with Crippen molar-refractivity contribution >= 4 is 0 Å². The molecule has 4 aromatic rings. The molecule has 0 radical (unpaired) electrons. The van der Waals surface area contributed by atoms with Crippen molar-refractivity contribution in [3.05, 3.63) is 101 Å². The van der Waals surface area contributed by atoms with Gasteiger partial charge in [0.15, 0.2) is 11.5 Å². The minimum absolute atomic E-state index is 0.460. The van der Waals surface area contributed by atoms with E-state index in [0.29, 0.717) is 61.4 Å². The van der Waals surface area contributed by atoms with Crippen molar-refractivity contribution in [3.8, 4) is 34.6 Å². The van der Waals surface area contributed by atoms with Crippen LogP contribution >= 0.6 is 0 Å². The van der Waals surface area contributed by atoms with Gasteiger partial charge in [-0.2, -0.15) is 10.2 Å². The van der Waals surface area contributed by atoms with Gasteiger partial charge in [0.25, 0.3) is 0 Å². The number of nitriles is 1. The summed E-state index contributed by atoms with van der Waals surface area (Å²) in [6.45, 7) is 5.54. The highest BCUT2D eigenvalue weighted by Crippen LogP contribution is 2.30. The second-order valence-electron chi connectivity index (χ2n) is 10.1. The Balaban J connectivity index is 1.52. The third-order valence-electron chi connectivity index (χ3n) is 7.03. The van der Waals surface area contributed by atoms with Crippen LogP contribution in [0.4, 0.5) is 0 Å². The standard InChI is InChI=1S/C35H39N3O4/c1-5-6-11-32-31(22-26-12-15-28(16-13-26)30-10-8-7-9-29(30)24-36)35(38-25(2)37-32)42-19-18-27-14-17-33(34(23-27)40-4)41-21-20-39-3/h7-10,12-17,23H,5-6,11,18-22H2,1-4H3. The van der Waals surface area contributed by atoms with Gasteiger partial charge in [0.1, 0.15) is 12.4 Å². The number of aromatic nitrogens is 2. The fraction of sp³-hybridized carbons (Fsp3) is 0.343. The minimum atomic E-state index is 0.460. The predicted octanol–water partition coefficient (Wildman–Crippen LogP) is 6.91. The summed E-state index contributed by atoms with van der Waals surface area (Å²) in [7, 11) is 3.29. The van der Waals surface area contributed by atoms with E-state index < -0.39 is 0 Å². The molecule has 7 heteroatoms. The Hall–Kier alpha value is -4.41. The zero-order valence-corrected chi connectivity index (χ0v) is 25.0. The first kappa shape index (κ1) is 30.5. The molecule has 0 spiro atoms. The molecule has 0 fully saturated rings. The SMILES string of the molecule is CCCCc1nc(C)nc(OCCc2ccc(OCCOC)c(OC)c2)c1Cc1ccc(-c2ccccc2C#N)cc1. The van der Waals surface area contributed by atoms with Gasteiger partial charge < -0.3 is 18.9 Å². The van der Waals surface area contributed by atoms with Crippen molar-refractivity contribution < 1.29 is 18.9 Å². The quantitative estimate of drug-likeness (QED) is 0.145. The van der Waals surface area contributed by atoms with E-state index in [9.17, 15) is 5.26 Å². The van der Waals surface area contributed by atoms with E-state index >= 15 is 0 Å². The third kappa shape index (κ3) is 8.08. The molecular weight excluding hydrogens is 526 g/mol. The van der Waals surface area contributed by atoms with Crippen LogP contribution in [0.2, 0.25) is 0 Å². The summed E-state index contributed by atoms with van der Waals surface area (Å²) in [4.78, 5) is 9.54. The average molecular weight is 566 g/mol. The molecular formula is C35H39N3O4. The van der Waals surface area contributed by atoms with Crippen molar-refractivity contribution in [2.75, 3.05) is 34.0 Å². The molecule has 0 aliphatic carbocycles. The molecule has 0 aliphatic heterocycles. The van der Waals surface area contributed by atoms with E-state index in [4.69, 9.17) is 28.9 Å². The van der Waals surface area contributed by atoms with Crippen LogP contribution in [0.1, 0.15) is 53.5 Å². The number of aryl methyl sites for hydroxylation is 2. The smallest absolute Gasteiger partial charge is 0.220 e. The summed E-state index contributed by atoms with van der Waals surface area (Å²) >= 11 is 0. The topological polar surface area (TPSA) is 86.5 Å². The highest BCUT2D eigenvalue weighted by Gasteiger charge is 2.16. The fourth-order valence-electron chi connectivity index (χ4n) is 4.80. The van der Waals surface area contributed by atoms with Crippen molar-refractivity contribution in [2.24, 2.45) is 0 Å². The molecule has 0 saturated carbocycles. The summed E-state index contributed by atoms with van der Waals surface area (Å²) in [5.74, 6) is 2.72. The lowest BCUT2D eigenvalue weighted by Gasteiger charge is -2.16. The van der Waals surface area contributed by atoms with Gasteiger partial charge in [0.2, 0.25) is 5.88 Å². The van der Waals surface area contributed by atoms with Crippen LogP contribution in [0.15, 0.2) is 66.7 Å². The predicted molar refractivity (Wildman–Crippen MR) is 164 cm³/mol. The Morgan fingerprint density at radius 3 is 2.33 bits per heavy atom. The summed E-state index contributed by atoms with van der Waals surface area (Å²) in [5.41, 5.74) is 6.90. The second-order valence-corrected chi connectivity index (χ2v) is 10.1. The minimum Gasteiger partial charge on any atom is -0.493 e. The lowest BCUT2D eigenvalue weighted by Crippen LogP contribution is -2.11. The maximum absolute atomic E-state index is 9.51. The Kier molecular flexibility index (Phi) is 11.3. The Morgan fingerprint density at radius 1 is 0.810 bits per heavy atom. The average Bonchev–Trinajstić information content (AvgIpc) is 3.02. The molecule has 0 N–H and O–H groups in total. The van der Waals surface area contributed by atoms with Gasteiger partial charge in [-0.1, -0.05) is 61.9 Å². The van der Waals surface area contributed by atoms with Gasteiger partial charge in [-0.05, 0) is 60.2 Å². The molecule has 0 atom stereocenters. The number of methoxy groups -OCH3 is 2. The monoisotopic (exact) mass is 565 g/mol. The van der Waals surface area contributed by atoms with Crippen LogP contribution in [0.3, 0.4) is 0 Å². The Labute approximate surface area is 249 Å². The van der Waals surface area contributed by atoms with E-state index in [0.717, 1.165) is 52.8 Å². The first-order chi connectivity index (χ1) is 20.6. The summed E-state index contributed by atoms with van der Waals surface area (Å²) in [5, 5.41) is 9.51. The second kappa shape index (κ2) is 15.6. The zero-order chi connectivity index (χ0) is 29.7. The molecule has 1 aromatic heterocycles. The molecule has 0 bridgehead atoms. The number of unbranched alkanes of at least 4 members (excludes halogenated alkanes) is 1. The van der Waals surface area contributed by atoms with Crippen molar-refractivity contribution in [1.82, 2.24) is 9.97 Å². The van der Waals surface area contributed by atoms with Crippen LogP contribution in [0.5, 0.6) is 17.4 Å². The highest BCUT2D eigenvalue weighted by molar-refractivity contribution is 5.70. The van der Waals surface area contributed by atoms with E-state index in [1.165, 1.54) is 0 Å². The van der Waals surface area contributed by atoms with Crippen molar-refractivity contribution in [1.29, 1.82) is 5.26 Å². The lowest BCUT2D eigenvalue weighted by molar-refractivity contribution is 0.144. The normalized spacial score (nSPS) is 10.7. The number of ether oxygens (including phenoxy) is 4. The van der Waals surface area contributed by atoms with Gasteiger partial charge in [0.05, 0.1) is 37.7 Å². The number of rotatable bonds is 15. The van der Waals surface area contributed by atoms with Crippen LogP contribution in [0, 0.1) is 18.3 Å².